The molecule has 0 aliphatic carbocycles. The molecule has 20 heavy (non-hydrogen) atoms. The van der Waals surface area contributed by atoms with E-state index in [1.165, 1.54) is 0 Å². The van der Waals surface area contributed by atoms with Gasteiger partial charge < -0.3 is 15.2 Å². The van der Waals surface area contributed by atoms with Crippen molar-refractivity contribution in [1.29, 1.82) is 0 Å². The van der Waals surface area contributed by atoms with E-state index in [0.29, 0.717) is 12.2 Å². The van der Waals surface area contributed by atoms with Crippen molar-refractivity contribution in [2.24, 2.45) is 7.05 Å². The van der Waals surface area contributed by atoms with E-state index in [1.807, 2.05) is 0 Å². The number of ether oxygens (including phenoxy) is 1. The summed E-state index contributed by atoms with van der Waals surface area (Å²) in [6.07, 6.45) is 4.78. The standard InChI is InChI=1S/C14H25N3O3/c1-5-6-7-20-11(2)13(18)15-10-14(3,19)12-8-16-17(4)9-12/h8-9,11,19H,5-7,10H2,1-4H3,(H,15,18). The van der Waals surface area contributed by atoms with Gasteiger partial charge >= 0.3 is 0 Å². The number of unbranched alkanes of at least 4 members (excludes halogenated alkanes) is 1. The molecule has 0 aliphatic rings. The predicted molar refractivity (Wildman–Crippen MR) is 76.1 cm³/mol. The number of carbonyl (C=O) groups is 1. The van der Waals surface area contributed by atoms with E-state index >= 15 is 0 Å². The molecule has 0 saturated heterocycles. The number of carbonyl (C=O) groups excluding carboxylic acids is 1. The van der Waals surface area contributed by atoms with Crippen molar-refractivity contribution < 1.29 is 14.6 Å². The fourth-order valence-electron chi connectivity index (χ4n) is 1.68. The molecule has 0 bridgehead atoms. The second-order valence-electron chi connectivity index (χ2n) is 5.26. The van der Waals surface area contributed by atoms with Gasteiger partial charge in [-0.1, -0.05) is 13.3 Å². The van der Waals surface area contributed by atoms with Crippen LogP contribution in [0.1, 0.15) is 39.2 Å². The van der Waals surface area contributed by atoms with Crippen LogP contribution in [-0.2, 0) is 22.2 Å². The molecule has 0 spiro atoms. The van der Waals surface area contributed by atoms with Crippen LogP contribution >= 0.6 is 0 Å². The third-order valence-corrected chi connectivity index (χ3v) is 3.17. The summed E-state index contributed by atoms with van der Waals surface area (Å²) in [4.78, 5) is 11.9. The highest BCUT2D eigenvalue weighted by Gasteiger charge is 2.26. The van der Waals surface area contributed by atoms with Gasteiger partial charge in [-0.15, -0.1) is 0 Å². The second-order valence-corrected chi connectivity index (χ2v) is 5.26. The molecular weight excluding hydrogens is 258 g/mol. The Kier molecular flexibility index (Phi) is 6.16. The molecule has 114 valence electrons. The van der Waals surface area contributed by atoms with Crippen molar-refractivity contribution in [3.05, 3.63) is 18.0 Å². The number of aromatic nitrogens is 2. The third-order valence-electron chi connectivity index (χ3n) is 3.17. The molecule has 1 heterocycles. The van der Waals surface area contributed by atoms with Crippen molar-refractivity contribution in [1.82, 2.24) is 15.1 Å². The molecule has 0 radical (unpaired) electrons. The van der Waals surface area contributed by atoms with E-state index in [0.717, 1.165) is 12.8 Å². The molecule has 6 heteroatoms. The summed E-state index contributed by atoms with van der Waals surface area (Å²) in [6, 6.07) is 0. The fraction of sp³-hybridized carbons (Fsp3) is 0.714. The first kappa shape index (κ1) is 16.7. The molecular formula is C14H25N3O3. The number of nitrogens with zero attached hydrogens (tertiary/aromatic N) is 2. The van der Waals surface area contributed by atoms with E-state index in [1.54, 1.807) is 38.0 Å². The summed E-state index contributed by atoms with van der Waals surface area (Å²) >= 11 is 0. The van der Waals surface area contributed by atoms with E-state index in [4.69, 9.17) is 4.74 Å². The first-order valence-electron chi connectivity index (χ1n) is 6.97. The Morgan fingerprint density at radius 3 is 2.90 bits per heavy atom. The van der Waals surface area contributed by atoms with Crippen LogP contribution < -0.4 is 5.32 Å². The highest BCUT2D eigenvalue weighted by Crippen LogP contribution is 2.18. The maximum absolute atomic E-state index is 11.9. The Balaban J connectivity index is 2.43. The summed E-state index contributed by atoms with van der Waals surface area (Å²) in [5.74, 6) is -0.217. The van der Waals surface area contributed by atoms with E-state index in [2.05, 4.69) is 17.3 Å². The van der Waals surface area contributed by atoms with E-state index in [9.17, 15) is 9.90 Å². The molecule has 0 saturated carbocycles. The normalized spacial score (nSPS) is 15.7. The fourth-order valence-corrected chi connectivity index (χ4v) is 1.68. The third kappa shape index (κ3) is 4.94. The largest absolute Gasteiger partial charge is 0.383 e. The first-order valence-corrected chi connectivity index (χ1v) is 6.97. The van der Waals surface area contributed by atoms with Crippen molar-refractivity contribution in [3.8, 4) is 0 Å². The van der Waals surface area contributed by atoms with Gasteiger partial charge in [0, 0.05) is 25.4 Å². The highest BCUT2D eigenvalue weighted by molar-refractivity contribution is 5.80. The highest BCUT2D eigenvalue weighted by atomic mass is 16.5. The lowest BCUT2D eigenvalue weighted by Gasteiger charge is -2.23. The van der Waals surface area contributed by atoms with Crippen LogP contribution in [0.15, 0.2) is 12.4 Å². The van der Waals surface area contributed by atoms with Gasteiger partial charge in [0.25, 0.3) is 0 Å². The number of aliphatic hydroxyl groups is 1. The van der Waals surface area contributed by atoms with Crippen LogP contribution in [0.4, 0.5) is 0 Å². The quantitative estimate of drug-likeness (QED) is 0.696. The predicted octanol–water partition coefficient (Wildman–Crippen LogP) is 0.949. The summed E-state index contributed by atoms with van der Waals surface area (Å²) in [5.41, 5.74) is -0.479. The van der Waals surface area contributed by atoms with Gasteiger partial charge in [-0.3, -0.25) is 9.48 Å². The zero-order chi connectivity index (χ0) is 15.2. The minimum atomic E-state index is -1.15. The van der Waals surface area contributed by atoms with Gasteiger partial charge in [0.15, 0.2) is 0 Å². The Morgan fingerprint density at radius 1 is 1.65 bits per heavy atom. The second kappa shape index (κ2) is 7.40. The Bertz CT molecular complexity index is 429. The average Bonchev–Trinajstić information content (AvgIpc) is 2.83. The van der Waals surface area contributed by atoms with E-state index < -0.39 is 11.7 Å². The van der Waals surface area contributed by atoms with Crippen molar-refractivity contribution in [2.75, 3.05) is 13.2 Å². The van der Waals surface area contributed by atoms with Gasteiger partial charge in [0.2, 0.25) is 5.91 Å². The Labute approximate surface area is 120 Å². The lowest BCUT2D eigenvalue weighted by molar-refractivity contribution is -0.133. The molecule has 1 amide bonds. The number of nitrogens with one attached hydrogen (secondary N) is 1. The summed E-state index contributed by atoms with van der Waals surface area (Å²) in [5, 5.41) is 17.1. The zero-order valence-corrected chi connectivity index (χ0v) is 12.7. The van der Waals surface area contributed by atoms with Crippen LogP contribution in [0.5, 0.6) is 0 Å². The lowest BCUT2D eigenvalue weighted by atomic mass is 10.00. The molecule has 2 unspecified atom stereocenters. The maximum atomic E-state index is 11.9. The van der Waals surface area contributed by atoms with Crippen molar-refractivity contribution >= 4 is 5.91 Å². The average molecular weight is 283 g/mol. The number of hydrogen-bond donors (Lipinski definition) is 2. The van der Waals surface area contributed by atoms with Gasteiger partial charge in [0.1, 0.15) is 11.7 Å². The molecule has 1 aromatic rings. The molecule has 0 aliphatic heterocycles. The van der Waals surface area contributed by atoms with Gasteiger partial charge in [-0.2, -0.15) is 5.10 Å². The maximum Gasteiger partial charge on any atom is 0.248 e. The first-order chi connectivity index (χ1) is 9.36. The number of rotatable bonds is 8. The van der Waals surface area contributed by atoms with Crippen LogP contribution in [0.25, 0.3) is 0 Å². The number of hydrogen-bond acceptors (Lipinski definition) is 4. The minimum absolute atomic E-state index is 0.124. The molecule has 2 atom stereocenters. The molecule has 6 nitrogen and oxygen atoms in total. The van der Waals surface area contributed by atoms with Gasteiger partial charge in [-0.05, 0) is 20.3 Å². The Hall–Kier alpha value is -1.40. The molecule has 1 rings (SSSR count). The monoisotopic (exact) mass is 283 g/mol. The summed E-state index contributed by atoms with van der Waals surface area (Å²) < 4.78 is 7.02. The molecule has 0 fully saturated rings. The topological polar surface area (TPSA) is 76.4 Å². The summed E-state index contributed by atoms with van der Waals surface area (Å²) in [7, 11) is 1.78. The summed E-state index contributed by atoms with van der Waals surface area (Å²) in [6.45, 7) is 6.12. The van der Waals surface area contributed by atoms with Crippen molar-refractivity contribution in [2.45, 2.75) is 45.3 Å². The van der Waals surface area contributed by atoms with Crippen LogP contribution in [-0.4, -0.2) is 40.0 Å². The number of aryl methyl sites for hydroxylation is 1. The zero-order valence-electron chi connectivity index (χ0n) is 12.7. The van der Waals surface area contributed by atoms with Gasteiger partial charge in [-0.25, -0.2) is 0 Å². The smallest absolute Gasteiger partial charge is 0.248 e. The minimum Gasteiger partial charge on any atom is -0.383 e. The molecule has 2 N–H and O–H groups in total. The number of amides is 1. The van der Waals surface area contributed by atoms with Crippen LogP contribution in [0.2, 0.25) is 0 Å². The lowest BCUT2D eigenvalue weighted by Crippen LogP contribution is -2.42. The van der Waals surface area contributed by atoms with E-state index in [-0.39, 0.29) is 12.5 Å². The van der Waals surface area contributed by atoms with Gasteiger partial charge in [0.05, 0.1) is 12.7 Å². The van der Waals surface area contributed by atoms with Crippen LogP contribution in [0, 0.1) is 0 Å². The van der Waals surface area contributed by atoms with Crippen LogP contribution in [0.3, 0.4) is 0 Å². The SMILES string of the molecule is CCCCOC(C)C(=O)NCC(C)(O)c1cnn(C)c1. The molecule has 0 aromatic carbocycles. The van der Waals surface area contributed by atoms with Crippen molar-refractivity contribution in [3.63, 3.8) is 0 Å². The Morgan fingerprint density at radius 2 is 2.35 bits per heavy atom. The molecule has 1 aromatic heterocycles.